The molecule has 1 saturated carbocycles. The van der Waals surface area contributed by atoms with Crippen molar-refractivity contribution in [3.8, 4) is 23.6 Å². The first-order valence-electron chi connectivity index (χ1n) is 8.18. The van der Waals surface area contributed by atoms with E-state index in [0.717, 1.165) is 0 Å². The van der Waals surface area contributed by atoms with E-state index in [1.807, 2.05) is 6.92 Å². The molecule has 4 rings (SSSR count). The van der Waals surface area contributed by atoms with E-state index in [-0.39, 0.29) is 18.5 Å². The van der Waals surface area contributed by atoms with Crippen molar-refractivity contribution < 1.29 is 18.9 Å². The summed E-state index contributed by atoms with van der Waals surface area (Å²) in [7, 11) is 3.07. The van der Waals surface area contributed by atoms with Gasteiger partial charge in [-0.05, 0) is 13.0 Å². The zero-order valence-corrected chi connectivity index (χ0v) is 14.6. The summed E-state index contributed by atoms with van der Waals surface area (Å²) >= 11 is 0. The molecule has 1 aliphatic carbocycles. The van der Waals surface area contributed by atoms with E-state index in [2.05, 4.69) is 17.1 Å². The molecule has 0 aromatic heterocycles. The lowest BCUT2D eigenvalue weighted by Gasteiger charge is -2.26. The first-order valence-corrected chi connectivity index (χ1v) is 8.18. The van der Waals surface area contributed by atoms with Crippen LogP contribution in [0.15, 0.2) is 23.2 Å². The molecule has 8 heteroatoms. The van der Waals surface area contributed by atoms with Gasteiger partial charge in [-0.15, -0.1) is 0 Å². The number of aliphatic imine (C=N–C) groups is 1. The van der Waals surface area contributed by atoms with Crippen molar-refractivity contribution in [1.82, 2.24) is 0 Å². The average molecular weight is 354 g/mol. The number of nitrogens with two attached hydrogens (primary N) is 1. The summed E-state index contributed by atoms with van der Waals surface area (Å²) in [5.74, 6) is -1.00. The Balaban J connectivity index is 1.91. The summed E-state index contributed by atoms with van der Waals surface area (Å²) in [6.45, 7) is 2.09. The number of hydrogen-bond donors (Lipinski definition) is 1. The maximum atomic E-state index is 10.1. The Morgan fingerprint density at radius 1 is 1.27 bits per heavy atom. The maximum absolute atomic E-state index is 10.1. The van der Waals surface area contributed by atoms with Gasteiger partial charge in [0.15, 0.2) is 5.41 Å². The van der Waals surface area contributed by atoms with Crippen LogP contribution >= 0.6 is 0 Å². The van der Waals surface area contributed by atoms with Gasteiger partial charge in [0.1, 0.15) is 22.7 Å². The van der Waals surface area contributed by atoms with Crippen LogP contribution in [0.5, 0.6) is 11.5 Å². The van der Waals surface area contributed by atoms with Gasteiger partial charge in [0.2, 0.25) is 0 Å². The minimum atomic E-state index is -1.57. The number of benzene rings is 1. The highest BCUT2D eigenvalue weighted by molar-refractivity contribution is 6.00. The predicted molar refractivity (Wildman–Crippen MR) is 89.2 cm³/mol. The minimum Gasteiger partial charge on any atom is -0.497 e. The molecule has 5 atom stereocenters. The Morgan fingerprint density at radius 2 is 2.04 bits per heavy atom. The smallest absolute Gasteiger partial charge is 0.293 e. The number of fused-ring (bicyclic) bond motifs is 2. The molecule has 1 aromatic rings. The lowest BCUT2D eigenvalue weighted by molar-refractivity contribution is -0.193. The average Bonchev–Trinajstić information content (AvgIpc) is 3.04. The van der Waals surface area contributed by atoms with Gasteiger partial charge >= 0.3 is 0 Å². The van der Waals surface area contributed by atoms with Crippen molar-refractivity contribution in [2.24, 2.45) is 21.6 Å². The van der Waals surface area contributed by atoms with E-state index in [4.69, 9.17) is 24.7 Å². The van der Waals surface area contributed by atoms with Crippen LogP contribution in [0, 0.1) is 33.5 Å². The molecule has 2 fully saturated rings. The van der Waals surface area contributed by atoms with Gasteiger partial charge in [-0.3, -0.25) is 0 Å². The molecule has 1 aromatic carbocycles. The molecule has 0 radical (unpaired) electrons. The van der Waals surface area contributed by atoms with E-state index in [9.17, 15) is 10.5 Å². The topological polar surface area (TPSA) is 123 Å². The lowest BCUT2D eigenvalue weighted by atomic mass is 9.93. The highest BCUT2D eigenvalue weighted by Crippen LogP contribution is 2.83. The lowest BCUT2D eigenvalue weighted by Crippen LogP contribution is -2.39. The van der Waals surface area contributed by atoms with Crippen LogP contribution < -0.4 is 15.2 Å². The summed E-state index contributed by atoms with van der Waals surface area (Å²) in [5.41, 5.74) is 4.12. The molecule has 0 bridgehead atoms. The standard InChI is InChI=1S/C18H18N4O4/c1-10-7-25-18(26-10)17(9-20)14(16(17,8-19)15(21)22-18)12-5-4-11(23-2)6-13(12)24-3/h4-6,10,14H,7H2,1-3H3,(H2,21,22)/t10-,14-,16-,17-,18-/m1/s1. The molecule has 2 aliphatic heterocycles. The van der Waals surface area contributed by atoms with Gasteiger partial charge in [-0.25, -0.2) is 4.99 Å². The Bertz CT molecular complexity index is 903. The minimum absolute atomic E-state index is 0.0542. The van der Waals surface area contributed by atoms with Crippen molar-refractivity contribution in [1.29, 1.82) is 10.5 Å². The van der Waals surface area contributed by atoms with Crippen LogP contribution in [0.1, 0.15) is 18.4 Å². The molecule has 1 saturated heterocycles. The highest BCUT2D eigenvalue weighted by atomic mass is 16.8. The largest absolute Gasteiger partial charge is 0.497 e. The molecule has 8 nitrogen and oxygen atoms in total. The summed E-state index contributed by atoms with van der Waals surface area (Å²) in [4.78, 5) is 4.29. The van der Waals surface area contributed by atoms with Crippen molar-refractivity contribution in [3.05, 3.63) is 23.8 Å². The number of hydrogen-bond acceptors (Lipinski definition) is 8. The highest BCUT2D eigenvalue weighted by Gasteiger charge is 2.94. The third-order valence-electron chi connectivity index (χ3n) is 5.55. The van der Waals surface area contributed by atoms with E-state index in [1.54, 1.807) is 25.3 Å². The van der Waals surface area contributed by atoms with Crippen LogP contribution in [-0.4, -0.2) is 38.7 Å². The molecular weight excluding hydrogens is 336 g/mol. The van der Waals surface area contributed by atoms with Crippen molar-refractivity contribution in [2.75, 3.05) is 20.8 Å². The van der Waals surface area contributed by atoms with Gasteiger partial charge in [-0.1, -0.05) is 6.07 Å². The molecule has 26 heavy (non-hydrogen) atoms. The van der Waals surface area contributed by atoms with Gasteiger partial charge in [-0.2, -0.15) is 10.5 Å². The van der Waals surface area contributed by atoms with Crippen LogP contribution in [-0.2, 0) is 9.47 Å². The third-order valence-corrected chi connectivity index (χ3v) is 5.55. The quantitative estimate of drug-likeness (QED) is 0.867. The van der Waals surface area contributed by atoms with E-state index in [1.165, 1.54) is 7.11 Å². The first kappa shape index (κ1) is 16.6. The monoisotopic (exact) mass is 354 g/mol. The van der Waals surface area contributed by atoms with Crippen molar-refractivity contribution in [3.63, 3.8) is 0 Å². The van der Waals surface area contributed by atoms with E-state index in [0.29, 0.717) is 17.1 Å². The molecule has 3 aliphatic rings. The number of nitrogens with zero attached hydrogens (tertiary/aromatic N) is 3. The second-order valence-electron chi connectivity index (χ2n) is 6.70. The summed E-state index contributed by atoms with van der Waals surface area (Å²) in [6.07, 6.45) is -0.259. The summed E-state index contributed by atoms with van der Waals surface area (Å²) in [6, 6.07) is 9.72. The number of methoxy groups -OCH3 is 2. The van der Waals surface area contributed by atoms with Crippen LogP contribution in [0.2, 0.25) is 0 Å². The van der Waals surface area contributed by atoms with Crippen molar-refractivity contribution >= 4 is 5.84 Å². The van der Waals surface area contributed by atoms with E-state index < -0.39 is 22.7 Å². The molecule has 1 spiro atoms. The fourth-order valence-corrected chi connectivity index (χ4v) is 4.38. The molecule has 2 heterocycles. The molecule has 134 valence electrons. The van der Waals surface area contributed by atoms with Gasteiger partial charge < -0.3 is 24.7 Å². The molecule has 0 amide bonds. The Hall–Kier alpha value is -2.81. The normalized spacial score (nSPS) is 39.7. The van der Waals surface area contributed by atoms with E-state index >= 15 is 0 Å². The number of rotatable bonds is 3. The van der Waals surface area contributed by atoms with Gasteiger partial charge in [0.25, 0.3) is 5.91 Å². The van der Waals surface area contributed by atoms with Crippen LogP contribution in [0.3, 0.4) is 0 Å². The fourth-order valence-electron chi connectivity index (χ4n) is 4.38. The van der Waals surface area contributed by atoms with Gasteiger partial charge in [0.05, 0.1) is 39.1 Å². The summed E-state index contributed by atoms with van der Waals surface area (Å²) < 4.78 is 22.4. The summed E-state index contributed by atoms with van der Waals surface area (Å²) in [5, 5.41) is 20.1. The second-order valence-corrected chi connectivity index (χ2v) is 6.70. The number of nitriles is 2. The second kappa shape index (κ2) is 5.10. The Morgan fingerprint density at radius 3 is 2.58 bits per heavy atom. The Kier molecular flexibility index (Phi) is 3.27. The maximum Gasteiger partial charge on any atom is 0.293 e. The zero-order chi connectivity index (χ0) is 18.7. The SMILES string of the molecule is COc1ccc([C@H]2[C@@]3(C#N)[C@@]4(N=C(N)[C@@]23C#N)OC[C@@H](C)O4)c(OC)c1. The van der Waals surface area contributed by atoms with Gasteiger partial charge in [0, 0.05) is 17.5 Å². The molecule has 0 unspecified atom stereocenters. The van der Waals surface area contributed by atoms with Crippen LogP contribution in [0.4, 0.5) is 0 Å². The number of ether oxygens (including phenoxy) is 4. The number of amidine groups is 1. The van der Waals surface area contributed by atoms with Crippen LogP contribution in [0.25, 0.3) is 0 Å². The molecule has 2 N–H and O–H groups in total. The molecular formula is C18H18N4O4. The fraction of sp³-hybridized carbons (Fsp3) is 0.500. The third kappa shape index (κ3) is 1.57. The van der Waals surface area contributed by atoms with Crippen molar-refractivity contribution in [2.45, 2.75) is 24.9 Å². The Labute approximate surface area is 150 Å². The first-order chi connectivity index (χ1) is 12.5. The predicted octanol–water partition coefficient (Wildman–Crippen LogP) is 1.28. The zero-order valence-electron chi connectivity index (χ0n) is 14.6.